The number of aryl methyl sites for hydroxylation is 1. The first-order valence-electron chi connectivity index (χ1n) is 8.54. The van der Waals surface area contributed by atoms with Crippen molar-refractivity contribution in [3.8, 4) is 17.0 Å². The number of pyridine rings is 1. The number of carboxylic acids is 1. The molecule has 5 heteroatoms. The Kier molecular flexibility index (Phi) is 5.16. The van der Waals surface area contributed by atoms with E-state index in [-0.39, 0.29) is 5.56 Å². The fraction of sp³-hybridized carbons (Fsp3) is 0.238. The minimum atomic E-state index is -1.04. The Hall–Kier alpha value is -2.95. The predicted molar refractivity (Wildman–Crippen MR) is 99.3 cm³/mol. The number of fused-ring (bicyclic) bond motifs is 1. The first-order chi connectivity index (χ1) is 12.5. The number of methoxy groups -OCH3 is 1. The van der Waals surface area contributed by atoms with E-state index < -0.39 is 11.8 Å². The average Bonchev–Trinajstić information content (AvgIpc) is 2.65. The van der Waals surface area contributed by atoms with Gasteiger partial charge in [-0.3, -0.25) is 0 Å². The Balaban J connectivity index is 2.20. The molecule has 0 atom stereocenters. The van der Waals surface area contributed by atoms with Crippen LogP contribution in [0.4, 0.5) is 4.39 Å². The Morgan fingerprint density at radius 2 is 2.00 bits per heavy atom. The normalized spacial score (nSPS) is 10.9. The maximum atomic E-state index is 13.7. The van der Waals surface area contributed by atoms with Gasteiger partial charge in [0.25, 0.3) is 0 Å². The van der Waals surface area contributed by atoms with Crippen molar-refractivity contribution in [3.05, 3.63) is 59.4 Å². The number of unbranched alkanes of at least 4 members (excludes halogenated alkanes) is 1. The van der Waals surface area contributed by atoms with Gasteiger partial charge in [0.15, 0.2) is 0 Å². The fourth-order valence-corrected chi connectivity index (χ4v) is 3.00. The third-order valence-corrected chi connectivity index (χ3v) is 4.36. The van der Waals surface area contributed by atoms with Crippen LogP contribution in [0.5, 0.6) is 5.75 Å². The van der Waals surface area contributed by atoms with Crippen LogP contribution >= 0.6 is 0 Å². The number of halogens is 1. The average molecular weight is 353 g/mol. The summed E-state index contributed by atoms with van der Waals surface area (Å²) in [5.41, 5.74) is 2.58. The molecule has 134 valence electrons. The van der Waals surface area contributed by atoms with Crippen molar-refractivity contribution >= 4 is 16.9 Å². The molecule has 0 aliphatic carbocycles. The van der Waals surface area contributed by atoms with E-state index >= 15 is 0 Å². The van der Waals surface area contributed by atoms with E-state index in [0.717, 1.165) is 24.8 Å². The molecule has 0 aliphatic heterocycles. The Bertz CT molecular complexity index is 969. The van der Waals surface area contributed by atoms with Crippen LogP contribution in [0.1, 0.15) is 35.7 Å². The molecular weight excluding hydrogens is 333 g/mol. The predicted octanol–water partition coefficient (Wildman–Crippen LogP) is 5.09. The van der Waals surface area contributed by atoms with E-state index in [1.807, 2.05) is 18.2 Å². The number of carboxylic acid groups (broad SMARTS) is 1. The summed E-state index contributed by atoms with van der Waals surface area (Å²) in [7, 11) is 1.48. The molecule has 26 heavy (non-hydrogen) atoms. The number of benzene rings is 2. The molecular formula is C21H20FNO3. The largest absolute Gasteiger partial charge is 0.496 e. The van der Waals surface area contributed by atoms with Gasteiger partial charge in [0, 0.05) is 10.9 Å². The number of nitrogens with zero attached hydrogens (tertiary/aromatic N) is 1. The molecule has 0 radical (unpaired) electrons. The number of hydrogen-bond acceptors (Lipinski definition) is 3. The zero-order chi connectivity index (χ0) is 18.7. The van der Waals surface area contributed by atoms with Crippen LogP contribution in [0.3, 0.4) is 0 Å². The molecule has 0 saturated carbocycles. The highest BCUT2D eigenvalue weighted by molar-refractivity contribution is 6.04. The molecule has 1 heterocycles. The van der Waals surface area contributed by atoms with Gasteiger partial charge in [-0.1, -0.05) is 19.4 Å². The molecule has 3 rings (SSSR count). The maximum absolute atomic E-state index is 13.7. The molecule has 4 nitrogen and oxygen atoms in total. The summed E-state index contributed by atoms with van der Waals surface area (Å²) in [5, 5.41) is 10.3. The van der Waals surface area contributed by atoms with Crippen molar-refractivity contribution in [2.24, 2.45) is 0 Å². The molecule has 0 fully saturated rings. The van der Waals surface area contributed by atoms with Crippen LogP contribution in [0, 0.1) is 5.82 Å². The van der Waals surface area contributed by atoms with E-state index in [4.69, 9.17) is 4.74 Å². The highest BCUT2D eigenvalue weighted by Gasteiger charge is 2.16. The van der Waals surface area contributed by atoms with Gasteiger partial charge in [0.05, 0.1) is 23.9 Å². The third kappa shape index (κ3) is 3.52. The van der Waals surface area contributed by atoms with Gasteiger partial charge in [0.1, 0.15) is 11.6 Å². The summed E-state index contributed by atoms with van der Waals surface area (Å²) in [5.74, 6) is -1.04. The van der Waals surface area contributed by atoms with Gasteiger partial charge in [-0.25, -0.2) is 14.2 Å². The summed E-state index contributed by atoms with van der Waals surface area (Å²) in [6, 6.07) is 11.2. The van der Waals surface area contributed by atoms with Crippen LogP contribution in [0.2, 0.25) is 0 Å². The zero-order valence-electron chi connectivity index (χ0n) is 14.8. The van der Waals surface area contributed by atoms with Crippen LogP contribution in [-0.2, 0) is 6.42 Å². The first-order valence-corrected chi connectivity index (χ1v) is 8.54. The van der Waals surface area contributed by atoms with Gasteiger partial charge in [-0.15, -0.1) is 0 Å². The summed E-state index contributed by atoms with van der Waals surface area (Å²) in [4.78, 5) is 16.4. The van der Waals surface area contributed by atoms with Gasteiger partial charge < -0.3 is 9.84 Å². The SMILES string of the molecule is CCCCc1ccc2nc(-c3cc(F)ccc3OC)cc(C(=O)O)c2c1. The molecule has 3 aromatic rings. The summed E-state index contributed by atoms with van der Waals surface area (Å²) >= 11 is 0. The molecule has 1 N–H and O–H groups in total. The second-order valence-electron chi connectivity index (χ2n) is 6.16. The lowest BCUT2D eigenvalue weighted by Crippen LogP contribution is -2.02. The monoisotopic (exact) mass is 353 g/mol. The standard InChI is InChI=1S/C21H20FNO3/c1-3-4-5-13-6-8-18-15(10-13)16(21(24)25)12-19(23-18)17-11-14(22)7-9-20(17)26-2/h6-12H,3-5H2,1-2H3,(H,24,25). The maximum Gasteiger partial charge on any atom is 0.336 e. The van der Waals surface area contributed by atoms with Crippen molar-refractivity contribution in [1.82, 2.24) is 4.98 Å². The minimum Gasteiger partial charge on any atom is -0.496 e. The summed E-state index contributed by atoms with van der Waals surface area (Å²) < 4.78 is 19.0. The lowest BCUT2D eigenvalue weighted by atomic mass is 10.00. The second-order valence-corrected chi connectivity index (χ2v) is 6.16. The molecule has 0 aliphatic rings. The molecule has 0 spiro atoms. The zero-order valence-corrected chi connectivity index (χ0v) is 14.8. The molecule has 0 amide bonds. The second kappa shape index (κ2) is 7.52. The number of hydrogen-bond donors (Lipinski definition) is 1. The van der Waals surface area contributed by atoms with E-state index in [1.54, 1.807) is 0 Å². The van der Waals surface area contributed by atoms with E-state index in [0.29, 0.717) is 27.9 Å². The van der Waals surface area contributed by atoms with Crippen molar-refractivity contribution in [3.63, 3.8) is 0 Å². The van der Waals surface area contributed by atoms with Gasteiger partial charge in [-0.2, -0.15) is 0 Å². The lowest BCUT2D eigenvalue weighted by molar-refractivity contribution is 0.0699. The fourth-order valence-electron chi connectivity index (χ4n) is 3.00. The number of ether oxygens (including phenoxy) is 1. The quantitative estimate of drug-likeness (QED) is 0.670. The topological polar surface area (TPSA) is 59.4 Å². The highest BCUT2D eigenvalue weighted by Crippen LogP contribution is 2.32. The van der Waals surface area contributed by atoms with E-state index in [2.05, 4.69) is 11.9 Å². The van der Waals surface area contributed by atoms with E-state index in [1.165, 1.54) is 31.4 Å². The molecule has 0 unspecified atom stereocenters. The van der Waals surface area contributed by atoms with Crippen LogP contribution < -0.4 is 4.74 Å². The molecule has 0 bridgehead atoms. The Labute approximate surface area is 151 Å². The first kappa shape index (κ1) is 17.9. The van der Waals surface area contributed by atoms with Crippen molar-refractivity contribution in [2.75, 3.05) is 7.11 Å². The minimum absolute atomic E-state index is 0.148. The van der Waals surface area contributed by atoms with Gasteiger partial charge in [-0.05, 0) is 54.8 Å². The number of rotatable bonds is 6. The lowest BCUT2D eigenvalue weighted by Gasteiger charge is -2.12. The van der Waals surface area contributed by atoms with E-state index in [9.17, 15) is 14.3 Å². The van der Waals surface area contributed by atoms with Gasteiger partial charge >= 0.3 is 5.97 Å². The highest BCUT2D eigenvalue weighted by atomic mass is 19.1. The Morgan fingerprint density at radius 3 is 2.69 bits per heavy atom. The molecule has 1 aromatic heterocycles. The molecule has 2 aromatic carbocycles. The van der Waals surface area contributed by atoms with Crippen LogP contribution in [-0.4, -0.2) is 23.2 Å². The van der Waals surface area contributed by atoms with Crippen LogP contribution in [0.25, 0.3) is 22.2 Å². The summed E-state index contributed by atoms with van der Waals surface area (Å²) in [6.07, 6.45) is 3.01. The van der Waals surface area contributed by atoms with Crippen LogP contribution in [0.15, 0.2) is 42.5 Å². The smallest absolute Gasteiger partial charge is 0.336 e. The third-order valence-electron chi connectivity index (χ3n) is 4.36. The molecule has 0 saturated heterocycles. The van der Waals surface area contributed by atoms with Crippen molar-refractivity contribution in [1.29, 1.82) is 0 Å². The Morgan fingerprint density at radius 1 is 1.19 bits per heavy atom. The van der Waals surface area contributed by atoms with Crippen molar-refractivity contribution in [2.45, 2.75) is 26.2 Å². The number of carbonyl (C=O) groups is 1. The summed E-state index contributed by atoms with van der Waals surface area (Å²) in [6.45, 7) is 2.12. The number of aromatic carboxylic acids is 1. The number of aromatic nitrogens is 1. The van der Waals surface area contributed by atoms with Crippen molar-refractivity contribution < 1.29 is 19.0 Å². The van der Waals surface area contributed by atoms with Gasteiger partial charge in [0.2, 0.25) is 0 Å².